The van der Waals surface area contributed by atoms with Gasteiger partial charge in [-0.1, -0.05) is 36.4 Å². The van der Waals surface area contributed by atoms with Crippen LogP contribution in [0, 0.1) is 0 Å². The van der Waals surface area contributed by atoms with Gasteiger partial charge in [0, 0.05) is 24.6 Å². The van der Waals surface area contributed by atoms with Crippen molar-refractivity contribution in [2.24, 2.45) is 0 Å². The minimum Gasteiger partial charge on any atom is -0.496 e. The van der Waals surface area contributed by atoms with E-state index < -0.39 is 5.41 Å². The van der Waals surface area contributed by atoms with Crippen LogP contribution in [-0.4, -0.2) is 25.8 Å². The van der Waals surface area contributed by atoms with Gasteiger partial charge in [0.15, 0.2) is 5.78 Å². The van der Waals surface area contributed by atoms with Crippen LogP contribution in [0.4, 0.5) is 5.69 Å². The molecule has 1 atom stereocenters. The normalized spacial score (nSPS) is 19.6. The number of carbonyl (C=O) groups excluding carboxylic acids is 2. The quantitative estimate of drug-likeness (QED) is 0.815. The smallest absolute Gasteiger partial charge is 0.237 e. The molecule has 3 rings (SSSR count). The molecule has 0 N–H and O–H groups in total. The van der Waals surface area contributed by atoms with Crippen LogP contribution in [-0.2, 0) is 10.2 Å². The van der Waals surface area contributed by atoms with Gasteiger partial charge >= 0.3 is 0 Å². The Hall–Kier alpha value is -2.62. The fourth-order valence-electron chi connectivity index (χ4n) is 3.32. The summed E-state index contributed by atoms with van der Waals surface area (Å²) >= 11 is 0. The van der Waals surface area contributed by atoms with Crippen molar-refractivity contribution in [1.29, 1.82) is 0 Å². The predicted molar refractivity (Wildman–Crippen MR) is 89.1 cm³/mol. The number of rotatable bonds is 4. The Kier molecular flexibility index (Phi) is 3.68. The van der Waals surface area contributed by atoms with Crippen LogP contribution in [0.15, 0.2) is 48.5 Å². The number of Topliss-reactive ketones (excluding diaryl/α,β-unsaturated/α-hetero) is 1. The molecule has 4 nitrogen and oxygen atoms in total. The van der Waals surface area contributed by atoms with Crippen LogP contribution in [0.2, 0.25) is 0 Å². The maximum atomic E-state index is 12.8. The number of nitrogens with zero attached hydrogens (tertiary/aromatic N) is 1. The van der Waals surface area contributed by atoms with E-state index in [0.29, 0.717) is 11.3 Å². The highest BCUT2D eigenvalue weighted by atomic mass is 16.5. The molecule has 0 spiro atoms. The van der Waals surface area contributed by atoms with Crippen molar-refractivity contribution in [3.05, 3.63) is 59.7 Å². The summed E-state index contributed by atoms with van der Waals surface area (Å²) in [6, 6.07) is 14.6. The van der Waals surface area contributed by atoms with Gasteiger partial charge in [0.2, 0.25) is 5.91 Å². The Balaban J connectivity index is 2.05. The Morgan fingerprint density at radius 3 is 2.48 bits per heavy atom. The predicted octanol–water partition coefficient (Wildman–Crippen LogP) is 3.20. The topological polar surface area (TPSA) is 46.6 Å². The lowest BCUT2D eigenvalue weighted by Gasteiger charge is -2.23. The van der Waals surface area contributed by atoms with Crippen molar-refractivity contribution < 1.29 is 14.3 Å². The molecule has 4 heteroatoms. The molecule has 118 valence electrons. The maximum Gasteiger partial charge on any atom is 0.237 e. The third-order valence-electron chi connectivity index (χ3n) is 4.52. The van der Waals surface area contributed by atoms with E-state index >= 15 is 0 Å². The first-order valence-corrected chi connectivity index (χ1v) is 7.53. The Morgan fingerprint density at radius 2 is 1.83 bits per heavy atom. The number of carbonyl (C=O) groups is 2. The van der Waals surface area contributed by atoms with Gasteiger partial charge in [0.1, 0.15) is 5.75 Å². The zero-order valence-electron chi connectivity index (χ0n) is 13.5. The van der Waals surface area contributed by atoms with Crippen LogP contribution >= 0.6 is 0 Å². The highest BCUT2D eigenvalue weighted by molar-refractivity contribution is 6.12. The number of ketones is 1. The number of benzene rings is 2. The molecule has 1 aliphatic rings. The Bertz CT molecular complexity index is 769. The number of fused-ring (bicyclic) bond motifs is 1. The summed E-state index contributed by atoms with van der Waals surface area (Å²) in [5.74, 6) is 0.512. The van der Waals surface area contributed by atoms with E-state index in [1.807, 2.05) is 43.3 Å². The van der Waals surface area contributed by atoms with E-state index in [1.165, 1.54) is 0 Å². The molecule has 1 heterocycles. The number of anilines is 1. The van der Waals surface area contributed by atoms with Gasteiger partial charge in [-0.3, -0.25) is 9.59 Å². The van der Waals surface area contributed by atoms with Crippen molar-refractivity contribution in [2.45, 2.75) is 18.8 Å². The number of likely N-dealkylation sites (N-methyl/N-ethyl adjacent to an activating group) is 1. The first-order valence-electron chi connectivity index (χ1n) is 7.53. The van der Waals surface area contributed by atoms with Gasteiger partial charge < -0.3 is 9.64 Å². The first kappa shape index (κ1) is 15.3. The monoisotopic (exact) mass is 309 g/mol. The molecule has 0 aliphatic carbocycles. The zero-order chi connectivity index (χ0) is 16.6. The number of amides is 1. The number of hydrogen-bond donors (Lipinski definition) is 0. The van der Waals surface area contributed by atoms with Gasteiger partial charge in [0.25, 0.3) is 0 Å². The average molecular weight is 309 g/mol. The van der Waals surface area contributed by atoms with Crippen molar-refractivity contribution >= 4 is 17.4 Å². The van der Waals surface area contributed by atoms with Gasteiger partial charge in [-0.2, -0.15) is 0 Å². The Labute approximate surface area is 135 Å². The molecule has 1 aliphatic heterocycles. The van der Waals surface area contributed by atoms with Crippen LogP contribution in [0.1, 0.15) is 29.3 Å². The Morgan fingerprint density at radius 1 is 1.13 bits per heavy atom. The third-order valence-corrected chi connectivity index (χ3v) is 4.52. The van der Waals surface area contributed by atoms with Gasteiger partial charge in [-0.05, 0) is 19.1 Å². The van der Waals surface area contributed by atoms with Gasteiger partial charge in [-0.25, -0.2) is 0 Å². The summed E-state index contributed by atoms with van der Waals surface area (Å²) in [7, 11) is 3.32. The van der Waals surface area contributed by atoms with E-state index in [4.69, 9.17) is 4.74 Å². The summed E-state index contributed by atoms with van der Waals surface area (Å²) in [6.07, 6.45) is 0.119. The summed E-state index contributed by atoms with van der Waals surface area (Å²) < 4.78 is 5.45. The van der Waals surface area contributed by atoms with Crippen molar-refractivity contribution in [3.8, 4) is 5.75 Å². The molecular formula is C19H19NO3. The minimum absolute atomic E-state index is 0.0476. The van der Waals surface area contributed by atoms with Crippen molar-refractivity contribution in [1.82, 2.24) is 0 Å². The lowest BCUT2D eigenvalue weighted by Crippen LogP contribution is -2.38. The molecule has 2 aromatic carbocycles. The van der Waals surface area contributed by atoms with E-state index in [2.05, 4.69) is 0 Å². The standard InChI is InChI=1S/C19H19NO3/c1-19(12-15(21)13-8-5-4-6-9-13)17-14(20(2)18(19)22)10-7-11-16(17)23-3/h4-11H,12H2,1-3H3/t19-/m1/s1. The van der Waals surface area contributed by atoms with Gasteiger partial charge in [-0.15, -0.1) is 0 Å². The minimum atomic E-state index is -0.913. The van der Waals surface area contributed by atoms with Gasteiger partial charge in [0.05, 0.1) is 18.2 Å². The SMILES string of the molecule is COc1cccc2c1[C@@](C)(CC(=O)c1ccccc1)C(=O)N2C. The van der Waals surface area contributed by atoms with Crippen molar-refractivity contribution in [3.63, 3.8) is 0 Å². The molecule has 0 saturated heterocycles. The molecule has 0 fully saturated rings. The van der Waals surface area contributed by atoms with E-state index in [0.717, 1.165) is 11.3 Å². The highest BCUT2D eigenvalue weighted by Crippen LogP contribution is 2.48. The first-order chi connectivity index (χ1) is 11.0. The second kappa shape index (κ2) is 5.54. The lowest BCUT2D eigenvalue weighted by molar-refractivity contribution is -0.122. The van der Waals surface area contributed by atoms with Crippen LogP contribution in [0.3, 0.4) is 0 Å². The number of hydrogen-bond acceptors (Lipinski definition) is 3. The molecule has 1 amide bonds. The van der Waals surface area contributed by atoms with Crippen LogP contribution in [0.25, 0.3) is 0 Å². The highest BCUT2D eigenvalue weighted by Gasteiger charge is 2.49. The molecule has 2 aromatic rings. The molecule has 0 unspecified atom stereocenters. The summed E-state index contributed by atoms with van der Waals surface area (Å²) in [6.45, 7) is 1.82. The second-order valence-corrected chi connectivity index (χ2v) is 6.02. The number of methoxy groups -OCH3 is 1. The van der Waals surface area contributed by atoms with Crippen molar-refractivity contribution in [2.75, 3.05) is 19.1 Å². The van der Waals surface area contributed by atoms with E-state index in [9.17, 15) is 9.59 Å². The molecule has 0 bridgehead atoms. The summed E-state index contributed by atoms with van der Waals surface area (Å²) in [5, 5.41) is 0. The fourth-order valence-corrected chi connectivity index (χ4v) is 3.32. The zero-order valence-corrected chi connectivity index (χ0v) is 13.5. The van der Waals surface area contributed by atoms with E-state index in [-0.39, 0.29) is 18.1 Å². The van der Waals surface area contributed by atoms with Crippen LogP contribution in [0.5, 0.6) is 5.75 Å². The molecular weight excluding hydrogens is 290 g/mol. The lowest BCUT2D eigenvalue weighted by atomic mass is 9.78. The number of ether oxygens (including phenoxy) is 1. The van der Waals surface area contributed by atoms with Crippen LogP contribution < -0.4 is 9.64 Å². The van der Waals surface area contributed by atoms with E-state index in [1.54, 1.807) is 31.2 Å². The maximum absolute atomic E-state index is 12.8. The molecule has 0 saturated carbocycles. The third kappa shape index (κ3) is 2.31. The largest absolute Gasteiger partial charge is 0.496 e. The molecule has 0 radical (unpaired) electrons. The summed E-state index contributed by atoms with van der Waals surface area (Å²) in [4.78, 5) is 27.1. The summed E-state index contributed by atoms with van der Waals surface area (Å²) in [5.41, 5.74) is 1.30. The second-order valence-electron chi connectivity index (χ2n) is 6.02. The fraction of sp³-hybridized carbons (Fsp3) is 0.263. The molecule has 0 aromatic heterocycles. The average Bonchev–Trinajstić information content (AvgIpc) is 2.77. The molecule has 23 heavy (non-hydrogen) atoms.